The lowest BCUT2D eigenvalue weighted by atomic mass is 9.90. The Balaban J connectivity index is 0.000000469. The molecule has 0 aromatic carbocycles. The lowest BCUT2D eigenvalue weighted by Gasteiger charge is -2.22. The quantitative estimate of drug-likeness (QED) is 0.470. The number of carbonyl (C=O) groups is 2. The number of aryl methyl sites for hydroxylation is 1. The van der Waals surface area contributed by atoms with Gasteiger partial charge >= 0.3 is 0 Å². The summed E-state index contributed by atoms with van der Waals surface area (Å²) in [5, 5.41) is 0. The number of hydrogen-bond acceptors (Lipinski definition) is 3. The lowest BCUT2D eigenvalue weighted by Crippen LogP contribution is -2.33. The first kappa shape index (κ1) is 34.4. The highest BCUT2D eigenvalue weighted by Crippen LogP contribution is 2.17. The third-order valence-electron chi connectivity index (χ3n) is 7.30. The van der Waals surface area contributed by atoms with Crippen LogP contribution in [0.5, 0.6) is 0 Å². The molecule has 3 heterocycles. The number of carbonyl (C=O) groups excluding carboxylic acids is 2. The molecule has 8 heteroatoms. The van der Waals surface area contributed by atoms with Crippen LogP contribution in [-0.4, -0.2) is 43.4 Å². The Kier molecular flexibility index (Phi) is 16.5. The summed E-state index contributed by atoms with van der Waals surface area (Å²) in [6.07, 6.45) is 18.0. The van der Waals surface area contributed by atoms with Gasteiger partial charge in [-0.2, -0.15) is 0 Å². The van der Waals surface area contributed by atoms with Crippen LogP contribution in [0.1, 0.15) is 113 Å². The molecule has 1 saturated heterocycles. The van der Waals surface area contributed by atoms with E-state index >= 15 is 0 Å². The van der Waals surface area contributed by atoms with Crippen molar-refractivity contribution in [2.75, 3.05) is 6.54 Å². The molecule has 0 bridgehead atoms. The molecule has 1 fully saturated rings. The smallest absolute Gasteiger partial charge is 0.243 e. The Hall–Kier alpha value is -2.64. The van der Waals surface area contributed by atoms with Crippen molar-refractivity contribution in [3.63, 3.8) is 0 Å². The average Bonchev–Trinajstić information content (AvgIpc) is 3.66. The summed E-state index contributed by atoms with van der Waals surface area (Å²) in [4.78, 5) is 27.5. The standard InChI is InChI=1S/C8H15N2.C8H15NO.C7H12N2.C6H13NO/c1-4-8(2)10-6-5-9(3)7-10;1-3-7(2)9-6-4-5-8(9)10;1-3-7(2)9-5-4-8-6-9;1-4-6(2,3)5(7)8/h5-8H,4H2,1-3H3;7H,3-6H2,1-2H3;4-7H,3H2,1-2H3;4H2,1-3H3,(H2,7,8)/q+1;;;. The molecule has 3 rings (SSSR count). The fourth-order valence-corrected chi connectivity index (χ4v) is 3.21. The molecule has 8 nitrogen and oxygen atoms in total. The molecule has 2 amide bonds. The molecule has 1 aliphatic rings. The van der Waals surface area contributed by atoms with Crippen LogP contribution in [-0.2, 0) is 16.6 Å². The second kappa shape index (κ2) is 17.8. The van der Waals surface area contributed by atoms with Crippen molar-refractivity contribution in [1.29, 1.82) is 0 Å². The first-order valence-electron chi connectivity index (χ1n) is 13.9. The molecule has 2 N–H and O–H groups in total. The number of likely N-dealkylation sites (tertiary alicyclic amines) is 1. The van der Waals surface area contributed by atoms with Crippen LogP contribution in [0, 0.1) is 5.41 Å². The van der Waals surface area contributed by atoms with E-state index in [0.717, 1.165) is 38.6 Å². The van der Waals surface area contributed by atoms with Gasteiger partial charge in [0.1, 0.15) is 12.4 Å². The normalized spacial score (nSPS) is 15.3. The van der Waals surface area contributed by atoms with Crippen LogP contribution in [0.15, 0.2) is 37.4 Å². The van der Waals surface area contributed by atoms with Gasteiger partial charge in [0.25, 0.3) is 0 Å². The lowest BCUT2D eigenvalue weighted by molar-refractivity contribution is -0.671. The SMILES string of the molecule is CCC(C)(C)C(N)=O.CCC(C)N1CCCC1=O.CCC(C)n1cc[n+](C)c1.CCC(C)n1ccnc1. The number of imidazole rings is 2. The third kappa shape index (κ3) is 12.9. The summed E-state index contributed by atoms with van der Waals surface area (Å²) in [5.41, 5.74) is 4.72. The minimum atomic E-state index is -0.319. The number of nitrogens with two attached hydrogens (primary N) is 1. The van der Waals surface area contributed by atoms with E-state index in [1.807, 2.05) is 51.4 Å². The van der Waals surface area contributed by atoms with Crippen LogP contribution >= 0.6 is 0 Å². The largest absolute Gasteiger partial charge is 0.369 e. The summed E-state index contributed by atoms with van der Waals surface area (Å²) in [5.74, 6) is 0.120. The molecular formula is C29H55N6O2+. The Morgan fingerprint density at radius 2 is 1.59 bits per heavy atom. The predicted molar refractivity (Wildman–Crippen MR) is 152 cm³/mol. The van der Waals surface area contributed by atoms with E-state index in [2.05, 4.69) is 78.9 Å². The zero-order chi connectivity index (χ0) is 28.6. The molecule has 212 valence electrons. The van der Waals surface area contributed by atoms with Crippen molar-refractivity contribution in [2.24, 2.45) is 18.2 Å². The maximum absolute atomic E-state index is 11.1. The highest BCUT2D eigenvalue weighted by Gasteiger charge is 2.23. The third-order valence-corrected chi connectivity index (χ3v) is 7.30. The summed E-state index contributed by atoms with van der Waals surface area (Å²) in [7, 11) is 2.04. The summed E-state index contributed by atoms with van der Waals surface area (Å²) >= 11 is 0. The fourth-order valence-electron chi connectivity index (χ4n) is 3.21. The zero-order valence-corrected chi connectivity index (χ0v) is 25.3. The second-order valence-corrected chi connectivity index (χ2v) is 10.6. The van der Waals surface area contributed by atoms with Crippen molar-refractivity contribution >= 4 is 11.8 Å². The molecule has 1 aliphatic heterocycles. The van der Waals surface area contributed by atoms with Gasteiger partial charge in [-0.1, -0.05) is 41.5 Å². The number of rotatable bonds is 8. The van der Waals surface area contributed by atoms with E-state index in [0.29, 0.717) is 24.0 Å². The maximum Gasteiger partial charge on any atom is 0.243 e. The van der Waals surface area contributed by atoms with Crippen molar-refractivity contribution in [3.05, 3.63) is 37.4 Å². The number of aromatic nitrogens is 4. The van der Waals surface area contributed by atoms with Gasteiger partial charge in [0.15, 0.2) is 0 Å². The molecule has 37 heavy (non-hydrogen) atoms. The van der Waals surface area contributed by atoms with Gasteiger partial charge < -0.3 is 15.2 Å². The molecule has 2 aromatic rings. The zero-order valence-electron chi connectivity index (χ0n) is 25.3. The second-order valence-electron chi connectivity index (χ2n) is 10.6. The van der Waals surface area contributed by atoms with Gasteiger partial charge in [-0.25, -0.2) is 14.1 Å². The summed E-state index contributed by atoms with van der Waals surface area (Å²) in [6.45, 7) is 19.6. The molecule has 0 aliphatic carbocycles. The molecule has 2 aromatic heterocycles. The topological polar surface area (TPSA) is 90.0 Å². The van der Waals surface area contributed by atoms with Crippen molar-refractivity contribution in [2.45, 2.75) is 119 Å². The van der Waals surface area contributed by atoms with Crippen LogP contribution in [0.2, 0.25) is 0 Å². The monoisotopic (exact) mass is 519 g/mol. The summed E-state index contributed by atoms with van der Waals surface area (Å²) < 4.78 is 6.40. The van der Waals surface area contributed by atoms with E-state index in [4.69, 9.17) is 5.73 Å². The van der Waals surface area contributed by atoms with Gasteiger partial charge in [0.2, 0.25) is 18.1 Å². The van der Waals surface area contributed by atoms with Crippen LogP contribution in [0.25, 0.3) is 0 Å². The van der Waals surface area contributed by atoms with Crippen molar-refractivity contribution in [1.82, 2.24) is 19.0 Å². The van der Waals surface area contributed by atoms with Gasteiger partial charge in [-0.05, 0) is 52.9 Å². The predicted octanol–water partition coefficient (Wildman–Crippen LogP) is 5.45. The van der Waals surface area contributed by atoms with E-state index in [9.17, 15) is 9.59 Å². The van der Waals surface area contributed by atoms with Gasteiger partial charge in [0.05, 0.1) is 19.4 Å². The summed E-state index contributed by atoms with van der Waals surface area (Å²) in [6, 6.07) is 1.67. The fraction of sp³-hybridized carbons (Fsp3) is 0.724. The Labute approximate surface area is 226 Å². The van der Waals surface area contributed by atoms with E-state index in [1.165, 1.54) is 6.42 Å². The van der Waals surface area contributed by atoms with E-state index in [-0.39, 0.29) is 11.3 Å². The van der Waals surface area contributed by atoms with Crippen molar-refractivity contribution in [3.8, 4) is 0 Å². The van der Waals surface area contributed by atoms with Crippen molar-refractivity contribution < 1.29 is 14.2 Å². The first-order chi connectivity index (χ1) is 17.3. The van der Waals surface area contributed by atoms with Gasteiger partial charge in [0, 0.05) is 42.9 Å². The highest BCUT2D eigenvalue weighted by molar-refractivity contribution is 5.79. The molecular weight excluding hydrogens is 464 g/mol. The molecule has 0 saturated carbocycles. The Morgan fingerprint density at radius 1 is 1.03 bits per heavy atom. The molecule has 3 unspecified atom stereocenters. The molecule has 3 atom stereocenters. The van der Waals surface area contributed by atoms with E-state index < -0.39 is 0 Å². The number of nitrogens with zero attached hydrogens (tertiary/aromatic N) is 5. The minimum Gasteiger partial charge on any atom is -0.369 e. The average molecular weight is 520 g/mol. The molecule has 0 spiro atoms. The van der Waals surface area contributed by atoms with Gasteiger partial charge in [-0.15, -0.1) is 0 Å². The highest BCUT2D eigenvalue weighted by atomic mass is 16.2. The van der Waals surface area contributed by atoms with Crippen LogP contribution < -0.4 is 10.3 Å². The number of hydrogen-bond donors (Lipinski definition) is 1. The Morgan fingerprint density at radius 3 is 1.92 bits per heavy atom. The van der Waals surface area contributed by atoms with Crippen LogP contribution in [0.3, 0.4) is 0 Å². The van der Waals surface area contributed by atoms with E-state index in [1.54, 1.807) is 0 Å². The number of primary amides is 1. The molecule has 0 radical (unpaired) electrons. The maximum atomic E-state index is 11.1. The number of amides is 2. The van der Waals surface area contributed by atoms with Crippen LogP contribution in [0.4, 0.5) is 0 Å². The van der Waals surface area contributed by atoms with Gasteiger partial charge in [-0.3, -0.25) is 9.59 Å². The minimum absolute atomic E-state index is 0.222. The first-order valence-corrected chi connectivity index (χ1v) is 13.9. The Bertz CT molecular complexity index is 875.